The third-order valence-electron chi connectivity index (χ3n) is 5.41. The highest BCUT2D eigenvalue weighted by molar-refractivity contribution is 5.95. The first-order valence-electron chi connectivity index (χ1n) is 10.9. The standard InChI is InChI=1S/C25H29N3O4/c1-5-10-20(18-11-8-7-9-12-18)27-23(29)17(4)32-25(31)19-13-14-22-21(15-19)26-16(3)24(30)28(22)6-2/h7-9,11-15,17,20H,5-6,10H2,1-4H3,(H,27,29). The Morgan fingerprint density at radius 2 is 1.84 bits per heavy atom. The molecule has 3 rings (SSSR count). The molecule has 0 saturated carbocycles. The summed E-state index contributed by atoms with van der Waals surface area (Å²) in [6.07, 6.45) is 0.728. The highest BCUT2D eigenvalue weighted by Gasteiger charge is 2.23. The molecule has 168 valence electrons. The molecule has 0 aliphatic carbocycles. The van der Waals surface area contributed by atoms with Crippen LogP contribution in [0, 0.1) is 6.92 Å². The summed E-state index contributed by atoms with van der Waals surface area (Å²) in [5, 5.41) is 2.98. The largest absolute Gasteiger partial charge is 0.449 e. The second-order valence-corrected chi connectivity index (χ2v) is 7.76. The maximum atomic E-state index is 12.7. The van der Waals surface area contributed by atoms with Gasteiger partial charge >= 0.3 is 5.97 Å². The number of hydrogen-bond donors (Lipinski definition) is 1. The number of carbonyl (C=O) groups is 2. The van der Waals surface area contributed by atoms with Gasteiger partial charge in [0, 0.05) is 6.54 Å². The molecule has 2 atom stereocenters. The van der Waals surface area contributed by atoms with Crippen molar-refractivity contribution < 1.29 is 14.3 Å². The molecule has 3 aromatic rings. The molecule has 0 aliphatic heterocycles. The van der Waals surface area contributed by atoms with Crippen molar-refractivity contribution in [3.05, 3.63) is 75.7 Å². The maximum absolute atomic E-state index is 12.7. The highest BCUT2D eigenvalue weighted by atomic mass is 16.5. The number of aromatic nitrogens is 2. The molecule has 2 aromatic carbocycles. The number of nitrogens with one attached hydrogen (secondary N) is 1. The molecule has 0 aliphatic rings. The van der Waals surface area contributed by atoms with Gasteiger partial charge in [-0.05, 0) is 51.0 Å². The van der Waals surface area contributed by atoms with Crippen LogP contribution in [0.1, 0.15) is 61.3 Å². The van der Waals surface area contributed by atoms with Crippen LogP contribution < -0.4 is 10.9 Å². The van der Waals surface area contributed by atoms with Crippen LogP contribution in [0.25, 0.3) is 11.0 Å². The van der Waals surface area contributed by atoms with E-state index in [1.54, 1.807) is 36.6 Å². The molecule has 1 aromatic heterocycles. The summed E-state index contributed by atoms with van der Waals surface area (Å²) in [5.41, 5.74) is 2.68. The van der Waals surface area contributed by atoms with Crippen LogP contribution in [0.2, 0.25) is 0 Å². The Balaban J connectivity index is 1.74. The van der Waals surface area contributed by atoms with E-state index in [0.717, 1.165) is 18.4 Å². The number of aryl methyl sites for hydroxylation is 2. The average Bonchev–Trinajstić information content (AvgIpc) is 2.79. The Morgan fingerprint density at radius 1 is 1.12 bits per heavy atom. The van der Waals surface area contributed by atoms with E-state index >= 15 is 0 Å². The molecular formula is C25H29N3O4. The van der Waals surface area contributed by atoms with Crippen LogP contribution >= 0.6 is 0 Å². The van der Waals surface area contributed by atoms with Gasteiger partial charge in [-0.15, -0.1) is 0 Å². The molecule has 0 fully saturated rings. The Labute approximate surface area is 187 Å². The fourth-order valence-electron chi connectivity index (χ4n) is 3.68. The molecule has 2 unspecified atom stereocenters. The second kappa shape index (κ2) is 10.2. The molecule has 0 saturated heterocycles. The summed E-state index contributed by atoms with van der Waals surface area (Å²) < 4.78 is 7.04. The number of esters is 1. The summed E-state index contributed by atoms with van der Waals surface area (Å²) in [5.74, 6) is -0.967. The van der Waals surface area contributed by atoms with Crippen molar-refractivity contribution >= 4 is 22.9 Å². The zero-order chi connectivity index (χ0) is 23.3. The molecular weight excluding hydrogens is 406 g/mol. The lowest BCUT2D eigenvalue weighted by Crippen LogP contribution is -2.38. The summed E-state index contributed by atoms with van der Waals surface area (Å²) in [4.78, 5) is 42.0. The molecule has 32 heavy (non-hydrogen) atoms. The van der Waals surface area contributed by atoms with E-state index in [2.05, 4.69) is 17.2 Å². The van der Waals surface area contributed by atoms with Gasteiger partial charge in [0.05, 0.1) is 22.6 Å². The molecule has 0 bridgehead atoms. The van der Waals surface area contributed by atoms with Crippen LogP contribution in [0.15, 0.2) is 53.3 Å². The zero-order valence-electron chi connectivity index (χ0n) is 18.9. The van der Waals surface area contributed by atoms with E-state index in [-0.39, 0.29) is 23.1 Å². The number of hydrogen-bond acceptors (Lipinski definition) is 5. The summed E-state index contributed by atoms with van der Waals surface area (Å²) >= 11 is 0. The van der Waals surface area contributed by atoms with Gasteiger partial charge in [-0.2, -0.15) is 0 Å². The predicted octanol–water partition coefficient (Wildman–Crippen LogP) is 3.93. The van der Waals surface area contributed by atoms with Crippen molar-refractivity contribution in [3.8, 4) is 0 Å². The Kier molecular flexibility index (Phi) is 7.41. The van der Waals surface area contributed by atoms with Crippen molar-refractivity contribution in [3.63, 3.8) is 0 Å². The zero-order valence-corrected chi connectivity index (χ0v) is 18.9. The van der Waals surface area contributed by atoms with Gasteiger partial charge in [-0.3, -0.25) is 9.59 Å². The van der Waals surface area contributed by atoms with Crippen LogP contribution in [-0.2, 0) is 16.1 Å². The average molecular weight is 436 g/mol. The van der Waals surface area contributed by atoms with Crippen molar-refractivity contribution in [2.75, 3.05) is 0 Å². The third kappa shape index (κ3) is 5.04. The number of carbonyl (C=O) groups excluding carboxylic acids is 2. The number of amides is 1. The fourth-order valence-corrected chi connectivity index (χ4v) is 3.68. The van der Waals surface area contributed by atoms with Crippen LogP contribution in [0.4, 0.5) is 0 Å². The smallest absolute Gasteiger partial charge is 0.338 e. The van der Waals surface area contributed by atoms with E-state index in [0.29, 0.717) is 23.3 Å². The Bertz CT molecular complexity index is 1170. The number of fused-ring (bicyclic) bond motifs is 1. The number of ether oxygens (including phenoxy) is 1. The van der Waals surface area contributed by atoms with Crippen molar-refractivity contribution in [2.24, 2.45) is 0 Å². The van der Waals surface area contributed by atoms with Crippen molar-refractivity contribution in [1.29, 1.82) is 0 Å². The van der Waals surface area contributed by atoms with E-state index in [1.165, 1.54) is 0 Å². The second-order valence-electron chi connectivity index (χ2n) is 7.76. The molecule has 1 N–H and O–H groups in total. The van der Waals surface area contributed by atoms with Gasteiger partial charge in [0.1, 0.15) is 5.69 Å². The van der Waals surface area contributed by atoms with Gasteiger partial charge in [-0.1, -0.05) is 43.7 Å². The molecule has 1 heterocycles. The summed E-state index contributed by atoms with van der Waals surface area (Å²) in [6, 6.07) is 14.4. The highest BCUT2D eigenvalue weighted by Crippen LogP contribution is 2.19. The van der Waals surface area contributed by atoms with E-state index < -0.39 is 12.1 Å². The van der Waals surface area contributed by atoms with Crippen LogP contribution in [-0.4, -0.2) is 27.5 Å². The van der Waals surface area contributed by atoms with Crippen molar-refractivity contribution in [1.82, 2.24) is 14.9 Å². The summed E-state index contributed by atoms with van der Waals surface area (Å²) in [6.45, 7) is 7.63. The van der Waals surface area contributed by atoms with Gasteiger partial charge in [-0.25, -0.2) is 9.78 Å². The lowest BCUT2D eigenvalue weighted by Gasteiger charge is -2.21. The molecule has 0 spiro atoms. The topological polar surface area (TPSA) is 90.3 Å². The minimum absolute atomic E-state index is 0.145. The molecule has 7 nitrogen and oxygen atoms in total. The lowest BCUT2D eigenvalue weighted by atomic mass is 10.0. The van der Waals surface area contributed by atoms with Gasteiger partial charge in [0.2, 0.25) is 0 Å². The van der Waals surface area contributed by atoms with Crippen molar-refractivity contribution in [2.45, 2.75) is 59.2 Å². The molecule has 7 heteroatoms. The van der Waals surface area contributed by atoms with Gasteiger partial charge in [0.25, 0.3) is 11.5 Å². The number of nitrogens with zero attached hydrogens (tertiary/aromatic N) is 2. The maximum Gasteiger partial charge on any atom is 0.338 e. The SMILES string of the molecule is CCCC(NC(=O)C(C)OC(=O)c1ccc2c(c1)nc(C)c(=O)n2CC)c1ccccc1. The van der Waals surface area contributed by atoms with Gasteiger partial charge < -0.3 is 14.6 Å². The third-order valence-corrected chi connectivity index (χ3v) is 5.41. The van der Waals surface area contributed by atoms with E-state index in [9.17, 15) is 14.4 Å². The molecule has 1 amide bonds. The number of rotatable bonds is 8. The first kappa shape index (κ1) is 23.2. The van der Waals surface area contributed by atoms with E-state index in [1.807, 2.05) is 37.3 Å². The molecule has 0 radical (unpaired) electrons. The van der Waals surface area contributed by atoms with Crippen LogP contribution in [0.5, 0.6) is 0 Å². The Hall–Kier alpha value is -3.48. The number of benzene rings is 2. The fraction of sp³-hybridized carbons (Fsp3) is 0.360. The quantitative estimate of drug-likeness (QED) is 0.542. The first-order chi connectivity index (χ1) is 15.3. The minimum Gasteiger partial charge on any atom is -0.449 e. The van der Waals surface area contributed by atoms with Gasteiger partial charge in [0.15, 0.2) is 6.10 Å². The minimum atomic E-state index is -0.958. The summed E-state index contributed by atoms with van der Waals surface area (Å²) in [7, 11) is 0. The lowest BCUT2D eigenvalue weighted by molar-refractivity contribution is -0.129. The van der Waals surface area contributed by atoms with Crippen LogP contribution in [0.3, 0.4) is 0 Å². The predicted molar refractivity (Wildman–Crippen MR) is 124 cm³/mol. The Morgan fingerprint density at radius 3 is 2.50 bits per heavy atom. The normalized spacial score (nSPS) is 12.9. The van der Waals surface area contributed by atoms with E-state index in [4.69, 9.17) is 4.74 Å². The first-order valence-corrected chi connectivity index (χ1v) is 10.9. The monoisotopic (exact) mass is 435 g/mol.